The first-order chi connectivity index (χ1) is 22.0. The molecule has 0 spiro atoms. The molecule has 9 nitrogen and oxygen atoms in total. The minimum absolute atomic E-state index is 0.175. The molecule has 1 aromatic carbocycles. The van der Waals surface area contributed by atoms with E-state index in [1.807, 2.05) is 37.3 Å². The van der Waals surface area contributed by atoms with Crippen molar-refractivity contribution in [3.8, 4) is 5.75 Å². The van der Waals surface area contributed by atoms with Gasteiger partial charge in [-0.25, -0.2) is 8.42 Å². The number of primary amides is 1. The number of carboxylic acids is 1. The van der Waals surface area contributed by atoms with E-state index in [9.17, 15) is 27.9 Å². The highest BCUT2D eigenvalue weighted by Gasteiger charge is 2.33. The number of hydrogen-bond donors (Lipinski definition) is 3. The number of carboxylic acid groups (broad SMARTS) is 1. The number of carbonyl (C=O) groups excluding carboxylic acids is 2. The molecular weight excluding hydrogens is 604 g/mol. The first-order valence-corrected chi connectivity index (χ1v) is 19.3. The van der Waals surface area contributed by atoms with Gasteiger partial charge in [0.1, 0.15) is 21.6 Å². The second kappa shape index (κ2) is 24.3. The van der Waals surface area contributed by atoms with E-state index in [0.29, 0.717) is 32.3 Å². The van der Waals surface area contributed by atoms with Gasteiger partial charge in [-0.15, -0.1) is 0 Å². The third-order valence-electron chi connectivity index (χ3n) is 8.19. The van der Waals surface area contributed by atoms with Crippen LogP contribution in [0.2, 0.25) is 0 Å². The zero-order valence-corrected chi connectivity index (χ0v) is 29.3. The number of carbonyl (C=O) groups is 3. The fourth-order valence-corrected chi connectivity index (χ4v) is 6.77. The minimum atomic E-state index is -3.01. The normalized spacial score (nSPS) is 13.7. The summed E-state index contributed by atoms with van der Waals surface area (Å²) in [4.78, 5) is 38.0. The molecule has 2 amide bonds. The van der Waals surface area contributed by atoms with E-state index in [0.717, 1.165) is 81.9 Å². The molecule has 3 atom stereocenters. The maximum atomic E-state index is 13.5. The Kier molecular flexibility index (Phi) is 21.7. The van der Waals surface area contributed by atoms with Gasteiger partial charge in [-0.1, -0.05) is 103 Å². The Morgan fingerprint density at radius 3 is 2.00 bits per heavy atom. The van der Waals surface area contributed by atoms with Crippen LogP contribution in [0.25, 0.3) is 0 Å². The van der Waals surface area contributed by atoms with Crippen molar-refractivity contribution in [2.75, 3.05) is 18.1 Å². The van der Waals surface area contributed by atoms with Gasteiger partial charge in [0.05, 0.1) is 29.9 Å². The van der Waals surface area contributed by atoms with Gasteiger partial charge in [0.15, 0.2) is 0 Å². The lowest BCUT2D eigenvalue weighted by Crippen LogP contribution is -2.49. The molecule has 4 N–H and O–H groups in total. The molecule has 0 aliphatic heterocycles. The van der Waals surface area contributed by atoms with Gasteiger partial charge in [0.25, 0.3) is 0 Å². The van der Waals surface area contributed by atoms with Crippen LogP contribution in [0, 0.1) is 11.8 Å². The fourth-order valence-electron chi connectivity index (χ4n) is 5.28. The summed E-state index contributed by atoms with van der Waals surface area (Å²) in [5, 5.41) is 12.7. The van der Waals surface area contributed by atoms with Crippen LogP contribution in [0.4, 0.5) is 0 Å². The smallest absolute Gasteiger partial charge is 0.307 e. The summed E-state index contributed by atoms with van der Waals surface area (Å²) >= 11 is 0. The Morgan fingerprint density at radius 2 is 1.43 bits per heavy atom. The van der Waals surface area contributed by atoms with Crippen LogP contribution in [0.5, 0.6) is 5.75 Å². The summed E-state index contributed by atoms with van der Waals surface area (Å²) in [7, 11) is -3.01. The van der Waals surface area contributed by atoms with E-state index >= 15 is 0 Å². The first kappa shape index (κ1) is 41.1. The molecule has 0 aliphatic rings. The Bertz CT molecular complexity index is 1140. The summed E-state index contributed by atoms with van der Waals surface area (Å²) in [6.45, 7) is 6.81. The first-order valence-electron chi connectivity index (χ1n) is 17.5. The van der Waals surface area contributed by atoms with E-state index in [4.69, 9.17) is 10.5 Å². The average molecular weight is 665 g/mol. The van der Waals surface area contributed by atoms with E-state index < -0.39 is 45.5 Å². The second-order valence-electron chi connectivity index (χ2n) is 12.3. The molecule has 0 heterocycles. The molecule has 1 aromatic rings. The van der Waals surface area contributed by atoms with Crippen molar-refractivity contribution in [2.45, 2.75) is 130 Å². The van der Waals surface area contributed by atoms with Gasteiger partial charge in [-0.2, -0.15) is 0 Å². The molecule has 0 saturated carbocycles. The lowest BCUT2D eigenvalue weighted by atomic mass is 9.86. The van der Waals surface area contributed by atoms with Crippen LogP contribution in [-0.4, -0.2) is 55.5 Å². The van der Waals surface area contributed by atoms with Crippen molar-refractivity contribution >= 4 is 27.6 Å². The Morgan fingerprint density at radius 1 is 0.848 bits per heavy atom. The third-order valence-corrected chi connectivity index (χ3v) is 10.0. The molecule has 46 heavy (non-hydrogen) atoms. The van der Waals surface area contributed by atoms with E-state index in [1.54, 1.807) is 6.08 Å². The number of amides is 2. The minimum Gasteiger partial charge on any atom is -0.494 e. The summed E-state index contributed by atoms with van der Waals surface area (Å²) in [5.74, 6) is -2.98. The topological polar surface area (TPSA) is 153 Å². The zero-order chi connectivity index (χ0) is 34.2. The summed E-state index contributed by atoms with van der Waals surface area (Å²) in [5.41, 5.74) is 6.45. The third kappa shape index (κ3) is 18.3. The molecule has 1 rings (SSSR count). The largest absolute Gasteiger partial charge is 0.494 e. The SMILES string of the molecule is CCCCCCCS(=O)(=O)CCCCCC/C=C/[C@H](C(=O)N[C@@H](Cc1ccc(OCCCC)cc1)C(N)=O)[C@@H](CCCC)C(=O)O. The van der Waals surface area contributed by atoms with Crippen molar-refractivity contribution in [3.63, 3.8) is 0 Å². The van der Waals surface area contributed by atoms with Gasteiger partial charge in [-0.3, -0.25) is 14.4 Å². The van der Waals surface area contributed by atoms with Crippen molar-refractivity contribution < 1.29 is 32.6 Å². The lowest BCUT2D eigenvalue weighted by molar-refractivity contribution is -0.146. The van der Waals surface area contributed by atoms with Crippen LogP contribution in [0.15, 0.2) is 36.4 Å². The van der Waals surface area contributed by atoms with Gasteiger partial charge < -0.3 is 20.9 Å². The number of sulfone groups is 1. The van der Waals surface area contributed by atoms with Crippen LogP contribution >= 0.6 is 0 Å². The lowest BCUT2D eigenvalue weighted by Gasteiger charge is -2.23. The molecule has 0 saturated heterocycles. The number of aliphatic carboxylic acids is 1. The van der Waals surface area contributed by atoms with Crippen LogP contribution in [0.3, 0.4) is 0 Å². The molecule has 0 unspecified atom stereocenters. The van der Waals surface area contributed by atoms with Crippen LogP contribution < -0.4 is 15.8 Å². The highest BCUT2D eigenvalue weighted by atomic mass is 32.2. The van der Waals surface area contributed by atoms with Crippen LogP contribution in [0.1, 0.15) is 123 Å². The predicted octanol–water partition coefficient (Wildman–Crippen LogP) is 6.78. The molecule has 0 radical (unpaired) electrons. The standard InChI is InChI=1S/C36H60N2O7S/c1-4-7-10-14-17-26-46(43,44)27-18-15-12-11-13-16-20-31(32(36(41)42)19-8-5-2)35(40)38-33(34(37)39)28-29-21-23-30(24-22-29)45-25-9-6-3/h16,20-24,31-33H,4-15,17-19,25-28H2,1-3H3,(H2,37,39)(H,38,40)(H,41,42)/b20-16+/t31-,32+,33-/m0/s1. The number of nitrogens with two attached hydrogens (primary N) is 1. The highest BCUT2D eigenvalue weighted by Crippen LogP contribution is 2.23. The quantitative estimate of drug-likeness (QED) is 0.0660. The molecule has 10 heteroatoms. The number of nitrogens with one attached hydrogen (secondary N) is 1. The van der Waals surface area contributed by atoms with Crippen molar-refractivity contribution in [2.24, 2.45) is 17.6 Å². The van der Waals surface area contributed by atoms with E-state index in [2.05, 4.69) is 19.2 Å². The fraction of sp³-hybridized carbons (Fsp3) is 0.694. The van der Waals surface area contributed by atoms with Gasteiger partial charge >= 0.3 is 5.97 Å². The second-order valence-corrected chi connectivity index (χ2v) is 14.6. The maximum Gasteiger partial charge on any atom is 0.307 e. The van der Waals surface area contributed by atoms with E-state index in [-0.39, 0.29) is 17.9 Å². The monoisotopic (exact) mass is 664 g/mol. The number of unbranched alkanes of at least 4 members (excludes halogenated alkanes) is 10. The zero-order valence-electron chi connectivity index (χ0n) is 28.5. The summed E-state index contributed by atoms with van der Waals surface area (Å²) in [6, 6.07) is 6.29. The van der Waals surface area contributed by atoms with Gasteiger partial charge in [0.2, 0.25) is 11.8 Å². The summed E-state index contributed by atoms with van der Waals surface area (Å²) < 4.78 is 30.2. The molecule has 0 aliphatic carbocycles. The van der Waals surface area contributed by atoms with Crippen molar-refractivity contribution in [1.29, 1.82) is 0 Å². The molecule has 0 aromatic heterocycles. The maximum absolute atomic E-state index is 13.5. The highest BCUT2D eigenvalue weighted by molar-refractivity contribution is 7.91. The molecule has 0 bridgehead atoms. The predicted molar refractivity (Wildman–Crippen MR) is 185 cm³/mol. The number of ether oxygens (including phenoxy) is 1. The summed E-state index contributed by atoms with van der Waals surface area (Å²) in [6.07, 6.45) is 16.2. The molecular formula is C36H60N2O7S. The Hall–Kier alpha value is -2.88. The van der Waals surface area contributed by atoms with Gasteiger partial charge in [-0.05, 0) is 56.2 Å². The Labute approximate surface area is 278 Å². The van der Waals surface area contributed by atoms with Crippen LogP contribution in [-0.2, 0) is 30.6 Å². The number of hydrogen-bond acceptors (Lipinski definition) is 6. The number of rotatable bonds is 28. The number of allylic oxidation sites excluding steroid dienone is 1. The van der Waals surface area contributed by atoms with Crippen molar-refractivity contribution in [3.05, 3.63) is 42.0 Å². The molecule has 0 fully saturated rings. The number of benzene rings is 1. The molecule has 262 valence electrons. The Balaban J connectivity index is 2.75. The van der Waals surface area contributed by atoms with E-state index in [1.165, 1.54) is 0 Å². The average Bonchev–Trinajstić information content (AvgIpc) is 3.01. The van der Waals surface area contributed by atoms with Gasteiger partial charge in [0, 0.05) is 6.42 Å². The van der Waals surface area contributed by atoms with Crippen molar-refractivity contribution in [1.82, 2.24) is 5.32 Å².